The summed E-state index contributed by atoms with van der Waals surface area (Å²) < 4.78 is 18.8. The van der Waals surface area contributed by atoms with Crippen LogP contribution in [0.1, 0.15) is 21.5 Å². The molecule has 172 valence electrons. The third-order valence-corrected chi connectivity index (χ3v) is 6.50. The minimum atomic E-state index is -0.632. The van der Waals surface area contributed by atoms with Gasteiger partial charge in [0.15, 0.2) is 0 Å². The van der Waals surface area contributed by atoms with Crippen LogP contribution in [0.5, 0.6) is 5.75 Å². The first-order valence-corrected chi connectivity index (χ1v) is 11.6. The van der Waals surface area contributed by atoms with Crippen molar-refractivity contribution < 1.29 is 23.5 Å². The van der Waals surface area contributed by atoms with Crippen LogP contribution in [-0.4, -0.2) is 22.0 Å². The summed E-state index contributed by atoms with van der Waals surface area (Å²) in [6.07, 6.45) is 1.42. The molecule has 1 saturated heterocycles. The molecule has 1 fully saturated rings. The molecule has 3 aromatic carbocycles. The van der Waals surface area contributed by atoms with Crippen LogP contribution < -0.4 is 4.74 Å². The average Bonchev–Trinajstić information content (AvgIpc) is 3.05. The second-order valence-electron chi connectivity index (χ2n) is 7.08. The monoisotopic (exact) mass is 535 g/mol. The normalized spacial score (nSPS) is 14.7. The number of rotatable bonds is 5. The molecule has 1 aliphatic heterocycles. The Bertz CT molecular complexity index is 1340. The number of imide groups is 1. The summed E-state index contributed by atoms with van der Waals surface area (Å²) >= 11 is 18.7. The third kappa shape index (κ3) is 5.45. The van der Waals surface area contributed by atoms with E-state index in [9.17, 15) is 18.8 Å². The number of hydrogen-bond acceptors (Lipinski definition) is 5. The number of amides is 2. The highest BCUT2D eigenvalue weighted by Gasteiger charge is 2.35. The first kappa shape index (κ1) is 24.3. The molecule has 1 heterocycles. The minimum absolute atomic E-state index is 0.106. The molecule has 0 spiro atoms. The Morgan fingerprint density at radius 2 is 1.68 bits per heavy atom. The van der Waals surface area contributed by atoms with Crippen LogP contribution >= 0.6 is 46.6 Å². The van der Waals surface area contributed by atoms with Gasteiger partial charge < -0.3 is 4.74 Å². The number of benzene rings is 3. The number of halogens is 4. The van der Waals surface area contributed by atoms with Gasteiger partial charge in [0.05, 0.1) is 17.0 Å². The van der Waals surface area contributed by atoms with E-state index in [-0.39, 0.29) is 27.8 Å². The molecule has 4 rings (SSSR count). The minimum Gasteiger partial charge on any atom is -0.422 e. The Morgan fingerprint density at radius 1 is 0.971 bits per heavy atom. The molecule has 0 radical (unpaired) electrons. The van der Waals surface area contributed by atoms with Crippen molar-refractivity contribution in [2.45, 2.75) is 6.54 Å². The first-order valence-electron chi connectivity index (χ1n) is 9.68. The molecule has 0 unspecified atom stereocenters. The summed E-state index contributed by atoms with van der Waals surface area (Å²) in [5.74, 6) is -1.57. The second kappa shape index (κ2) is 10.2. The molecular formula is C24H13Cl3FNO4S. The van der Waals surface area contributed by atoms with Gasteiger partial charge in [-0.2, -0.15) is 0 Å². The van der Waals surface area contributed by atoms with Crippen molar-refractivity contribution in [3.05, 3.63) is 103 Å². The molecule has 0 N–H and O–H groups in total. The van der Waals surface area contributed by atoms with Gasteiger partial charge in [-0.1, -0.05) is 40.9 Å². The highest BCUT2D eigenvalue weighted by molar-refractivity contribution is 8.18. The lowest BCUT2D eigenvalue weighted by atomic mass is 10.1. The fourth-order valence-corrected chi connectivity index (χ4v) is 4.43. The fraction of sp³-hybridized carbons (Fsp3) is 0.0417. The molecule has 0 aromatic heterocycles. The zero-order valence-electron chi connectivity index (χ0n) is 17.1. The van der Waals surface area contributed by atoms with Crippen LogP contribution in [0.4, 0.5) is 9.18 Å². The number of thioether (sulfide) groups is 1. The maximum absolute atomic E-state index is 13.3. The maximum atomic E-state index is 13.3. The summed E-state index contributed by atoms with van der Waals surface area (Å²) in [6.45, 7) is -0.116. The van der Waals surface area contributed by atoms with E-state index in [0.717, 1.165) is 22.7 Å². The summed E-state index contributed by atoms with van der Waals surface area (Å²) in [7, 11) is 0. The van der Waals surface area contributed by atoms with Crippen LogP contribution in [0, 0.1) is 5.82 Å². The van der Waals surface area contributed by atoms with Gasteiger partial charge in [0, 0.05) is 20.6 Å². The molecule has 0 bridgehead atoms. The molecule has 10 heteroatoms. The summed E-state index contributed by atoms with van der Waals surface area (Å²) in [4.78, 5) is 39.1. The molecule has 0 aliphatic carbocycles. The molecule has 1 aliphatic rings. The van der Waals surface area contributed by atoms with Gasteiger partial charge in [0.2, 0.25) is 0 Å². The smallest absolute Gasteiger partial charge is 0.343 e. The van der Waals surface area contributed by atoms with Gasteiger partial charge in [-0.25, -0.2) is 9.18 Å². The van der Waals surface area contributed by atoms with Gasteiger partial charge in [-0.15, -0.1) is 0 Å². The lowest BCUT2D eigenvalue weighted by molar-refractivity contribution is -0.123. The van der Waals surface area contributed by atoms with E-state index in [2.05, 4.69) is 0 Å². The van der Waals surface area contributed by atoms with Gasteiger partial charge in [-0.3, -0.25) is 14.5 Å². The number of nitrogens with zero attached hydrogens (tertiary/aromatic N) is 1. The van der Waals surface area contributed by atoms with Crippen molar-refractivity contribution in [1.29, 1.82) is 0 Å². The van der Waals surface area contributed by atoms with Crippen LogP contribution in [0.2, 0.25) is 15.1 Å². The number of ether oxygens (including phenoxy) is 1. The number of esters is 1. The molecule has 2 amide bonds. The van der Waals surface area contributed by atoms with E-state index in [0.29, 0.717) is 21.2 Å². The predicted molar refractivity (Wildman–Crippen MR) is 131 cm³/mol. The van der Waals surface area contributed by atoms with Crippen LogP contribution in [0.25, 0.3) is 6.08 Å². The first-order chi connectivity index (χ1) is 16.2. The van der Waals surface area contributed by atoms with E-state index in [1.807, 2.05) is 0 Å². The second-order valence-corrected chi connectivity index (χ2v) is 9.36. The average molecular weight is 537 g/mol. The SMILES string of the molecule is O=C(Oc1ccc(Cl)cc1/C=C1\SC(=O)N(Cc2ccc(F)cc2Cl)C1=O)c1ccc(Cl)cc1. The Labute approximate surface area is 213 Å². The van der Waals surface area contributed by atoms with E-state index in [4.69, 9.17) is 39.5 Å². The lowest BCUT2D eigenvalue weighted by Gasteiger charge is -2.13. The summed E-state index contributed by atoms with van der Waals surface area (Å²) in [5, 5.41) is 0.406. The van der Waals surface area contributed by atoms with E-state index in [1.54, 1.807) is 12.1 Å². The molecule has 34 heavy (non-hydrogen) atoms. The lowest BCUT2D eigenvalue weighted by Crippen LogP contribution is -2.27. The summed E-state index contributed by atoms with van der Waals surface area (Å²) in [6, 6.07) is 14.4. The Kier molecular flexibility index (Phi) is 7.28. The zero-order valence-corrected chi connectivity index (χ0v) is 20.1. The van der Waals surface area contributed by atoms with E-state index >= 15 is 0 Å². The third-order valence-electron chi connectivity index (χ3n) is 4.76. The topological polar surface area (TPSA) is 63.7 Å². The van der Waals surface area contributed by atoms with Gasteiger partial charge in [0.25, 0.3) is 11.1 Å². The Morgan fingerprint density at radius 3 is 2.38 bits per heavy atom. The van der Waals surface area contributed by atoms with Crippen LogP contribution in [-0.2, 0) is 11.3 Å². The van der Waals surface area contributed by atoms with Crippen molar-refractivity contribution >= 4 is 69.8 Å². The number of carbonyl (C=O) groups is 3. The molecular weight excluding hydrogens is 524 g/mol. The Hall–Kier alpha value is -2.84. The van der Waals surface area contributed by atoms with E-state index in [1.165, 1.54) is 48.5 Å². The number of carbonyl (C=O) groups excluding carboxylic acids is 3. The van der Waals surface area contributed by atoms with Crippen LogP contribution in [0.15, 0.2) is 65.6 Å². The van der Waals surface area contributed by atoms with Crippen molar-refractivity contribution in [2.24, 2.45) is 0 Å². The molecule has 0 saturated carbocycles. The van der Waals surface area contributed by atoms with Crippen molar-refractivity contribution in [3.63, 3.8) is 0 Å². The van der Waals surface area contributed by atoms with Gasteiger partial charge in [0.1, 0.15) is 11.6 Å². The molecule has 5 nitrogen and oxygen atoms in total. The number of hydrogen-bond donors (Lipinski definition) is 0. The van der Waals surface area contributed by atoms with E-state index < -0.39 is 22.9 Å². The van der Waals surface area contributed by atoms with Gasteiger partial charge >= 0.3 is 5.97 Å². The summed E-state index contributed by atoms with van der Waals surface area (Å²) in [5.41, 5.74) is 1.04. The molecule has 3 aromatic rings. The Balaban J connectivity index is 1.59. The fourth-order valence-electron chi connectivity index (χ4n) is 3.07. The maximum Gasteiger partial charge on any atom is 0.343 e. The van der Waals surface area contributed by atoms with Gasteiger partial charge in [-0.05, 0) is 78.0 Å². The standard InChI is InChI=1S/C24H13Cl3FNO4S/c25-16-4-1-13(2-5-16)23(31)33-20-8-6-17(26)9-15(20)10-21-22(30)29(24(32)34-21)12-14-3-7-18(28)11-19(14)27/h1-11H,12H2/b21-10-. The molecule has 0 atom stereocenters. The highest BCUT2D eigenvalue weighted by atomic mass is 35.5. The van der Waals surface area contributed by atoms with Crippen LogP contribution in [0.3, 0.4) is 0 Å². The quantitative estimate of drug-likeness (QED) is 0.195. The highest BCUT2D eigenvalue weighted by Crippen LogP contribution is 2.36. The predicted octanol–water partition coefficient (Wildman–Crippen LogP) is 7.24. The largest absolute Gasteiger partial charge is 0.422 e. The van der Waals surface area contributed by atoms with Crippen molar-refractivity contribution in [3.8, 4) is 5.75 Å². The zero-order chi connectivity index (χ0) is 24.4. The van der Waals surface area contributed by atoms with Crippen molar-refractivity contribution in [2.75, 3.05) is 0 Å². The van der Waals surface area contributed by atoms with Crippen molar-refractivity contribution in [1.82, 2.24) is 4.90 Å².